The van der Waals surface area contributed by atoms with Crippen molar-refractivity contribution in [3.05, 3.63) is 41.6 Å². The molecule has 0 unspecified atom stereocenters. The second kappa shape index (κ2) is 6.14. The van der Waals surface area contributed by atoms with Crippen LogP contribution in [0.3, 0.4) is 0 Å². The Labute approximate surface area is 139 Å². The van der Waals surface area contributed by atoms with Gasteiger partial charge in [-0.3, -0.25) is 14.3 Å². The molecule has 0 aliphatic carbocycles. The van der Waals surface area contributed by atoms with Gasteiger partial charge in [0.25, 0.3) is 11.8 Å². The number of hydrogen-bond acceptors (Lipinski definition) is 4. The van der Waals surface area contributed by atoms with Crippen LogP contribution in [0, 0.1) is 0 Å². The van der Waals surface area contributed by atoms with Crippen LogP contribution in [0.1, 0.15) is 39.6 Å². The fourth-order valence-corrected chi connectivity index (χ4v) is 3.35. The van der Waals surface area contributed by atoms with Crippen molar-refractivity contribution in [1.29, 1.82) is 0 Å². The number of carbonyl (C=O) groups excluding carboxylic acids is 2. The second-order valence-corrected chi connectivity index (χ2v) is 6.26. The first-order chi connectivity index (χ1) is 11.7. The first kappa shape index (κ1) is 15.0. The number of furan rings is 1. The first-order valence-electron chi connectivity index (χ1n) is 8.41. The lowest BCUT2D eigenvalue weighted by molar-refractivity contribution is 0.0515. The predicted octanol–water partition coefficient (Wildman–Crippen LogP) is 1.41. The summed E-state index contributed by atoms with van der Waals surface area (Å²) >= 11 is 0. The van der Waals surface area contributed by atoms with Crippen LogP contribution in [0.15, 0.2) is 28.9 Å². The highest BCUT2D eigenvalue weighted by Gasteiger charge is 2.28. The van der Waals surface area contributed by atoms with Gasteiger partial charge < -0.3 is 14.2 Å². The zero-order valence-electron chi connectivity index (χ0n) is 13.5. The van der Waals surface area contributed by atoms with Gasteiger partial charge in [0.1, 0.15) is 0 Å². The Morgan fingerprint density at radius 2 is 1.75 bits per heavy atom. The summed E-state index contributed by atoms with van der Waals surface area (Å²) in [7, 11) is 0. The van der Waals surface area contributed by atoms with Gasteiger partial charge in [-0.1, -0.05) is 0 Å². The molecule has 7 heteroatoms. The molecule has 4 rings (SSSR count). The highest BCUT2D eigenvalue weighted by atomic mass is 16.3. The first-order valence-corrected chi connectivity index (χ1v) is 8.41. The summed E-state index contributed by atoms with van der Waals surface area (Å²) in [5.74, 6) is 0.183. The molecule has 0 atom stereocenters. The standard InChI is InChI=1S/C17H20N4O3/c22-16(14-12-13-4-1-2-6-21(13)18-14)19-7-9-20(10-8-19)17(23)15-5-3-11-24-15/h3,5,11-12H,1-2,4,6-10H2. The Bertz CT molecular complexity index is 718. The fraction of sp³-hybridized carbons (Fsp3) is 0.471. The molecular weight excluding hydrogens is 308 g/mol. The van der Waals surface area contributed by atoms with Gasteiger partial charge in [0, 0.05) is 38.4 Å². The van der Waals surface area contributed by atoms with Gasteiger partial charge >= 0.3 is 0 Å². The summed E-state index contributed by atoms with van der Waals surface area (Å²) < 4.78 is 7.11. The van der Waals surface area contributed by atoms with Gasteiger partial charge in [0.15, 0.2) is 11.5 Å². The molecule has 2 amide bonds. The summed E-state index contributed by atoms with van der Waals surface area (Å²) in [4.78, 5) is 28.4. The molecule has 24 heavy (non-hydrogen) atoms. The number of hydrogen-bond donors (Lipinski definition) is 0. The van der Waals surface area contributed by atoms with Crippen LogP contribution in [0.5, 0.6) is 0 Å². The zero-order valence-corrected chi connectivity index (χ0v) is 13.5. The molecule has 1 saturated heterocycles. The van der Waals surface area contributed by atoms with E-state index in [9.17, 15) is 9.59 Å². The molecule has 2 aliphatic heterocycles. The Balaban J connectivity index is 1.39. The van der Waals surface area contributed by atoms with E-state index in [4.69, 9.17) is 4.42 Å². The van der Waals surface area contributed by atoms with Gasteiger partial charge in [-0.15, -0.1) is 0 Å². The minimum absolute atomic E-state index is 0.0398. The lowest BCUT2D eigenvalue weighted by Gasteiger charge is -2.33. The SMILES string of the molecule is O=C(c1cc2n(n1)CCCC2)N1CCN(C(=O)c2ccco2)CC1. The summed E-state index contributed by atoms with van der Waals surface area (Å²) in [5, 5.41) is 4.45. The molecule has 4 heterocycles. The molecule has 126 valence electrons. The van der Waals surface area contributed by atoms with E-state index in [2.05, 4.69) is 5.10 Å². The van der Waals surface area contributed by atoms with Gasteiger partial charge in [-0.05, 0) is 37.5 Å². The van der Waals surface area contributed by atoms with E-state index in [0.29, 0.717) is 37.6 Å². The predicted molar refractivity (Wildman–Crippen MR) is 85.7 cm³/mol. The normalized spacial score (nSPS) is 17.7. The molecule has 0 spiro atoms. The summed E-state index contributed by atoms with van der Waals surface area (Å²) in [6.45, 7) is 2.96. The van der Waals surface area contributed by atoms with Crippen molar-refractivity contribution >= 4 is 11.8 Å². The Morgan fingerprint density at radius 3 is 2.42 bits per heavy atom. The monoisotopic (exact) mass is 328 g/mol. The van der Waals surface area contributed by atoms with Crippen LogP contribution in [-0.2, 0) is 13.0 Å². The molecule has 0 N–H and O–H groups in total. The highest BCUT2D eigenvalue weighted by molar-refractivity contribution is 5.93. The van der Waals surface area contributed by atoms with Crippen LogP contribution >= 0.6 is 0 Å². The molecule has 1 fully saturated rings. The maximum Gasteiger partial charge on any atom is 0.289 e. The molecule has 0 radical (unpaired) electrons. The molecule has 2 aromatic rings. The average Bonchev–Trinajstić information content (AvgIpc) is 3.30. The van der Waals surface area contributed by atoms with E-state index < -0.39 is 0 Å². The van der Waals surface area contributed by atoms with Crippen molar-refractivity contribution in [2.45, 2.75) is 25.8 Å². The van der Waals surface area contributed by atoms with E-state index in [-0.39, 0.29) is 11.8 Å². The molecule has 2 aliphatic rings. The van der Waals surface area contributed by atoms with Gasteiger partial charge in [-0.25, -0.2) is 0 Å². The van der Waals surface area contributed by atoms with Crippen LogP contribution in [0.25, 0.3) is 0 Å². The Hall–Kier alpha value is -2.57. The maximum atomic E-state index is 12.7. The van der Waals surface area contributed by atoms with Crippen LogP contribution in [0.4, 0.5) is 0 Å². The topological polar surface area (TPSA) is 71.6 Å². The molecule has 0 aromatic carbocycles. The highest BCUT2D eigenvalue weighted by Crippen LogP contribution is 2.17. The third-order valence-electron chi connectivity index (χ3n) is 4.72. The summed E-state index contributed by atoms with van der Waals surface area (Å²) in [6, 6.07) is 5.28. The van der Waals surface area contributed by atoms with Crippen molar-refractivity contribution in [3.63, 3.8) is 0 Å². The summed E-state index contributed by atoms with van der Waals surface area (Å²) in [5.41, 5.74) is 1.67. The second-order valence-electron chi connectivity index (χ2n) is 6.26. The molecule has 7 nitrogen and oxygen atoms in total. The molecule has 2 aromatic heterocycles. The van der Waals surface area contributed by atoms with Crippen LogP contribution in [-0.4, -0.2) is 57.6 Å². The fourth-order valence-electron chi connectivity index (χ4n) is 3.35. The minimum atomic E-state index is -0.121. The summed E-state index contributed by atoms with van der Waals surface area (Å²) in [6.07, 6.45) is 4.77. The number of rotatable bonds is 2. The van der Waals surface area contributed by atoms with E-state index in [1.807, 2.05) is 10.7 Å². The lowest BCUT2D eigenvalue weighted by Crippen LogP contribution is -2.50. The number of fused-ring (bicyclic) bond motifs is 1. The van der Waals surface area contributed by atoms with Crippen LogP contribution in [0.2, 0.25) is 0 Å². The maximum absolute atomic E-state index is 12.7. The number of piperazine rings is 1. The largest absolute Gasteiger partial charge is 0.459 e. The minimum Gasteiger partial charge on any atom is -0.459 e. The molecular formula is C17H20N4O3. The number of aryl methyl sites for hydroxylation is 2. The number of amides is 2. The van der Waals surface area contributed by atoms with E-state index in [1.165, 1.54) is 6.26 Å². The number of carbonyl (C=O) groups is 2. The van der Waals surface area contributed by atoms with Crippen molar-refractivity contribution in [2.75, 3.05) is 26.2 Å². The molecule has 0 saturated carbocycles. The van der Waals surface area contributed by atoms with E-state index >= 15 is 0 Å². The molecule has 0 bridgehead atoms. The van der Waals surface area contributed by atoms with E-state index in [0.717, 1.165) is 31.5 Å². The zero-order chi connectivity index (χ0) is 16.5. The van der Waals surface area contributed by atoms with Crippen molar-refractivity contribution < 1.29 is 14.0 Å². The van der Waals surface area contributed by atoms with Gasteiger partial charge in [-0.2, -0.15) is 5.10 Å². The lowest BCUT2D eigenvalue weighted by atomic mass is 10.1. The Morgan fingerprint density at radius 1 is 1.00 bits per heavy atom. The third kappa shape index (κ3) is 2.70. The number of nitrogens with zero attached hydrogens (tertiary/aromatic N) is 4. The van der Waals surface area contributed by atoms with Crippen molar-refractivity contribution in [1.82, 2.24) is 19.6 Å². The van der Waals surface area contributed by atoms with Gasteiger partial charge in [0.2, 0.25) is 0 Å². The van der Waals surface area contributed by atoms with Crippen molar-refractivity contribution in [2.24, 2.45) is 0 Å². The van der Waals surface area contributed by atoms with Gasteiger partial charge in [0.05, 0.1) is 6.26 Å². The van der Waals surface area contributed by atoms with E-state index in [1.54, 1.807) is 21.9 Å². The third-order valence-corrected chi connectivity index (χ3v) is 4.72. The average molecular weight is 328 g/mol. The van der Waals surface area contributed by atoms with Crippen molar-refractivity contribution in [3.8, 4) is 0 Å². The smallest absolute Gasteiger partial charge is 0.289 e. The Kier molecular flexibility index (Phi) is 3.84. The quantitative estimate of drug-likeness (QED) is 0.836. The van der Waals surface area contributed by atoms with Crippen LogP contribution < -0.4 is 0 Å². The number of aromatic nitrogens is 2.